The predicted molar refractivity (Wildman–Crippen MR) is 76.9 cm³/mol. The van der Waals surface area contributed by atoms with Gasteiger partial charge in [-0.15, -0.1) is 0 Å². The molecule has 1 saturated carbocycles. The van der Waals surface area contributed by atoms with E-state index in [0.717, 1.165) is 0 Å². The molecule has 106 valence electrons. The summed E-state index contributed by atoms with van der Waals surface area (Å²) in [5.41, 5.74) is -0.205. The van der Waals surface area contributed by atoms with Crippen LogP contribution in [0.2, 0.25) is 13.1 Å². The second-order valence-corrected chi connectivity index (χ2v) is 7.42. The van der Waals surface area contributed by atoms with Gasteiger partial charge in [-0.1, -0.05) is 26.9 Å². The van der Waals surface area contributed by atoms with Crippen LogP contribution in [0.15, 0.2) is 0 Å². The molecule has 2 atom stereocenters. The first-order chi connectivity index (χ1) is 8.41. The number of carbonyl (C=O) groups excluding carboxylic acids is 1. The fourth-order valence-corrected chi connectivity index (χ4v) is 4.51. The topological polar surface area (TPSA) is 55.8 Å². The SMILES string of the molecule is C[SiH2]OC(O[SiH2]C)C(C)(C)[C@@H]1CC(=O)C[C@H](O)C1. The van der Waals surface area contributed by atoms with Crippen LogP contribution in [0.3, 0.4) is 0 Å². The number of hydrogen-bond acceptors (Lipinski definition) is 4. The number of rotatable bonds is 6. The monoisotopic (exact) mass is 290 g/mol. The molecule has 0 saturated heterocycles. The van der Waals surface area contributed by atoms with Gasteiger partial charge in [-0.2, -0.15) is 0 Å². The lowest BCUT2D eigenvalue weighted by Gasteiger charge is -2.43. The largest absolute Gasteiger partial charge is 0.400 e. The summed E-state index contributed by atoms with van der Waals surface area (Å²) in [7, 11) is -1.09. The highest BCUT2D eigenvalue weighted by atomic mass is 28.2. The second kappa shape index (κ2) is 6.95. The summed E-state index contributed by atoms with van der Waals surface area (Å²) in [6, 6.07) is 0. The Morgan fingerprint density at radius 1 is 1.28 bits per heavy atom. The van der Waals surface area contributed by atoms with Crippen molar-refractivity contribution in [3.8, 4) is 0 Å². The van der Waals surface area contributed by atoms with Gasteiger partial charge in [0.1, 0.15) is 12.1 Å². The maximum absolute atomic E-state index is 11.6. The molecule has 1 N–H and O–H groups in total. The number of ketones is 1. The summed E-state index contributed by atoms with van der Waals surface area (Å²) >= 11 is 0. The number of carbonyl (C=O) groups is 1. The summed E-state index contributed by atoms with van der Waals surface area (Å²) in [5, 5.41) is 9.77. The quantitative estimate of drug-likeness (QED) is 0.567. The maximum atomic E-state index is 11.6. The van der Waals surface area contributed by atoms with E-state index >= 15 is 0 Å². The number of aliphatic hydroxyl groups is 1. The van der Waals surface area contributed by atoms with E-state index in [9.17, 15) is 9.90 Å². The molecule has 1 aliphatic carbocycles. The van der Waals surface area contributed by atoms with E-state index in [-0.39, 0.29) is 23.4 Å². The summed E-state index contributed by atoms with van der Waals surface area (Å²) in [6.07, 6.45) is 0.842. The Bertz CT molecular complexity index is 277. The average molecular weight is 291 g/mol. The van der Waals surface area contributed by atoms with E-state index in [0.29, 0.717) is 19.3 Å². The zero-order valence-corrected chi connectivity index (χ0v) is 14.8. The van der Waals surface area contributed by atoms with Gasteiger partial charge >= 0.3 is 0 Å². The van der Waals surface area contributed by atoms with Gasteiger partial charge in [0.2, 0.25) is 0 Å². The molecule has 0 heterocycles. The molecule has 0 unspecified atom stereocenters. The van der Waals surface area contributed by atoms with Gasteiger partial charge < -0.3 is 14.0 Å². The fourth-order valence-electron chi connectivity index (χ4n) is 2.66. The van der Waals surface area contributed by atoms with Crippen LogP contribution >= 0.6 is 0 Å². The summed E-state index contributed by atoms with van der Waals surface area (Å²) in [5.74, 6) is 0.313. The molecular formula is C12H26O4Si2. The standard InChI is InChI=1S/C12H26O4Si2/c1-12(2,11(15-17-3)16-18-4)8-5-9(13)7-10(14)6-8/h8-9,11,13H,5-7,17-18H2,1-4H3/t8-,9+/m0/s1. The third-order valence-electron chi connectivity index (χ3n) is 3.79. The summed E-state index contributed by atoms with van der Waals surface area (Å²) in [6.45, 7) is 8.37. The molecule has 6 heteroatoms. The molecule has 0 spiro atoms. The van der Waals surface area contributed by atoms with Crippen molar-refractivity contribution in [1.82, 2.24) is 0 Å². The van der Waals surface area contributed by atoms with E-state index in [4.69, 9.17) is 8.85 Å². The van der Waals surface area contributed by atoms with Crippen LogP contribution in [0.4, 0.5) is 0 Å². The van der Waals surface area contributed by atoms with Gasteiger partial charge in [-0.25, -0.2) is 0 Å². The van der Waals surface area contributed by atoms with E-state index < -0.39 is 25.6 Å². The molecule has 0 aromatic rings. The molecule has 18 heavy (non-hydrogen) atoms. The third-order valence-corrected chi connectivity index (χ3v) is 5.06. The van der Waals surface area contributed by atoms with E-state index in [1.54, 1.807) is 0 Å². The molecule has 4 nitrogen and oxygen atoms in total. The van der Waals surface area contributed by atoms with Crippen molar-refractivity contribution in [2.45, 2.75) is 58.6 Å². The molecule has 1 fully saturated rings. The van der Waals surface area contributed by atoms with Crippen LogP contribution in [-0.4, -0.2) is 42.8 Å². The van der Waals surface area contributed by atoms with Crippen molar-refractivity contribution >= 4 is 25.3 Å². The van der Waals surface area contributed by atoms with E-state index in [1.807, 2.05) is 0 Å². The van der Waals surface area contributed by atoms with Gasteiger partial charge in [0.25, 0.3) is 0 Å². The Labute approximate surface area is 114 Å². The maximum Gasteiger partial charge on any atom is 0.161 e. The van der Waals surface area contributed by atoms with Gasteiger partial charge in [0, 0.05) is 18.3 Å². The minimum absolute atomic E-state index is 0.153. The highest BCUT2D eigenvalue weighted by Gasteiger charge is 2.42. The highest BCUT2D eigenvalue weighted by Crippen LogP contribution is 2.41. The van der Waals surface area contributed by atoms with Gasteiger partial charge in [0.05, 0.1) is 6.10 Å². The van der Waals surface area contributed by atoms with Crippen LogP contribution < -0.4 is 0 Å². The molecule has 1 rings (SSSR count). The average Bonchev–Trinajstić information content (AvgIpc) is 2.27. The van der Waals surface area contributed by atoms with Crippen molar-refractivity contribution in [1.29, 1.82) is 0 Å². The minimum atomic E-state index is -0.546. The molecular weight excluding hydrogens is 264 g/mol. The first kappa shape index (κ1) is 16.0. The summed E-state index contributed by atoms with van der Waals surface area (Å²) < 4.78 is 11.7. The van der Waals surface area contributed by atoms with Gasteiger partial charge in [0.15, 0.2) is 19.5 Å². The van der Waals surface area contributed by atoms with Crippen molar-refractivity contribution in [3.63, 3.8) is 0 Å². The Morgan fingerprint density at radius 2 is 1.83 bits per heavy atom. The van der Waals surface area contributed by atoms with Crippen molar-refractivity contribution < 1.29 is 18.8 Å². The lowest BCUT2D eigenvalue weighted by molar-refractivity contribution is -0.139. The van der Waals surface area contributed by atoms with Crippen LogP contribution in [-0.2, 0) is 13.6 Å². The molecule has 0 aromatic heterocycles. The normalized spacial score (nSPS) is 28.6. The predicted octanol–water partition coefficient (Wildman–Crippen LogP) is 0.366. The zero-order chi connectivity index (χ0) is 13.8. The van der Waals surface area contributed by atoms with E-state index in [2.05, 4.69) is 26.9 Å². The molecule has 1 aliphatic rings. The van der Waals surface area contributed by atoms with Crippen LogP contribution in [0.5, 0.6) is 0 Å². The molecule has 0 radical (unpaired) electrons. The zero-order valence-electron chi connectivity index (χ0n) is 11.9. The Hall–Kier alpha value is -0.0162. The second-order valence-electron chi connectivity index (χ2n) is 5.60. The first-order valence-corrected chi connectivity index (χ1v) is 10.8. The van der Waals surface area contributed by atoms with Gasteiger partial charge in [-0.3, -0.25) is 4.79 Å². The van der Waals surface area contributed by atoms with Crippen LogP contribution in [0, 0.1) is 11.3 Å². The fraction of sp³-hybridized carbons (Fsp3) is 0.917. The van der Waals surface area contributed by atoms with Gasteiger partial charge in [-0.05, 0) is 12.3 Å². The lowest BCUT2D eigenvalue weighted by atomic mass is 9.69. The first-order valence-electron chi connectivity index (χ1n) is 6.84. The minimum Gasteiger partial charge on any atom is -0.400 e. The Balaban J connectivity index is 2.77. The number of Topliss-reactive ketones (excluding diaryl/α,β-unsaturated/α-hetero) is 1. The number of aliphatic hydroxyl groups excluding tert-OH is 1. The highest BCUT2D eigenvalue weighted by molar-refractivity contribution is 6.26. The number of hydrogen-bond donors (Lipinski definition) is 1. The Morgan fingerprint density at radius 3 is 2.28 bits per heavy atom. The lowest BCUT2D eigenvalue weighted by Crippen LogP contribution is -2.45. The van der Waals surface area contributed by atoms with Crippen LogP contribution in [0.25, 0.3) is 0 Å². The van der Waals surface area contributed by atoms with Crippen LogP contribution in [0.1, 0.15) is 33.1 Å². The van der Waals surface area contributed by atoms with Crippen molar-refractivity contribution in [2.75, 3.05) is 0 Å². The smallest absolute Gasteiger partial charge is 0.161 e. The van der Waals surface area contributed by atoms with E-state index in [1.165, 1.54) is 0 Å². The molecule has 0 aliphatic heterocycles. The molecule has 0 amide bonds. The third kappa shape index (κ3) is 3.99. The summed E-state index contributed by atoms with van der Waals surface area (Å²) in [4.78, 5) is 11.6. The Kier molecular flexibility index (Phi) is 6.19. The molecule has 0 bridgehead atoms. The van der Waals surface area contributed by atoms with Crippen molar-refractivity contribution in [3.05, 3.63) is 0 Å². The van der Waals surface area contributed by atoms with Crippen molar-refractivity contribution in [2.24, 2.45) is 11.3 Å². The molecule has 0 aromatic carbocycles.